The third-order valence-corrected chi connectivity index (χ3v) is 3.46. The average molecular weight is 347 g/mol. The molecule has 4 nitrogen and oxygen atoms in total. The lowest BCUT2D eigenvalue weighted by Crippen LogP contribution is -2.18. The largest absolute Gasteiger partial charge is 0.355 e. The summed E-state index contributed by atoms with van der Waals surface area (Å²) in [6, 6.07) is 14.4. The van der Waals surface area contributed by atoms with Gasteiger partial charge in [-0.05, 0) is 42.0 Å². The van der Waals surface area contributed by atoms with Crippen molar-refractivity contribution in [3.63, 3.8) is 0 Å². The highest BCUT2D eigenvalue weighted by atomic mass is 79.9. The minimum absolute atomic E-state index is 0.0926. The van der Waals surface area contributed by atoms with Crippen LogP contribution in [-0.2, 0) is 11.2 Å². The molecule has 0 aliphatic carbocycles. The fraction of sp³-hybridized carbons (Fsp3) is 0.125. The number of halogens is 1. The molecule has 2 aromatic carbocycles. The molecule has 0 aliphatic rings. The molecule has 108 valence electrons. The van der Waals surface area contributed by atoms with E-state index in [4.69, 9.17) is 0 Å². The van der Waals surface area contributed by atoms with Crippen LogP contribution in [0.4, 0.5) is 5.69 Å². The smallest absolute Gasteiger partial charge is 0.251 e. The van der Waals surface area contributed by atoms with Gasteiger partial charge >= 0.3 is 0 Å². The van der Waals surface area contributed by atoms with Crippen molar-refractivity contribution < 1.29 is 9.59 Å². The fourth-order valence-electron chi connectivity index (χ4n) is 1.84. The minimum Gasteiger partial charge on any atom is -0.355 e. The van der Waals surface area contributed by atoms with Crippen LogP contribution in [0.25, 0.3) is 0 Å². The van der Waals surface area contributed by atoms with Crippen LogP contribution < -0.4 is 10.6 Å². The van der Waals surface area contributed by atoms with E-state index in [-0.39, 0.29) is 11.8 Å². The van der Waals surface area contributed by atoms with Crippen molar-refractivity contribution >= 4 is 33.4 Å². The highest BCUT2D eigenvalue weighted by Gasteiger charge is 2.06. The average Bonchev–Trinajstić information content (AvgIpc) is 2.49. The molecule has 0 saturated carbocycles. The predicted molar refractivity (Wildman–Crippen MR) is 86.3 cm³/mol. The molecule has 0 saturated heterocycles. The van der Waals surface area contributed by atoms with Gasteiger partial charge in [0.2, 0.25) is 5.91 Å². The van der Waals surface area contributed by atoms with Crippen molar-refractivity contribution in [2.75, 3.05) is 12.4 Å². The second kappa shape index (κ2) is 7.04. The van der Waals surface area contributed by atoms with Crippen molar-refractivity contribution in [2.24, 2.45) is 0 Å². The second-order valence-corrected chi connectivity index (χ2v) is 5.42. The number of hydrogen-bond donors (Lipinski definition) is 2. The Labute approximate surface area is 131 Å². The number of nitrogens with one attached hydrogen (secondary N) is 2. The lowest BCUT2D eigenvalue weighted by Gasteiger charge is -2.06. The molecule has 0 spiro atoms. The number of carbonyl (C=O) groups excluding carboxylic acids is 2. The summed E-state index contributed by atoms with van der Waals surface area (Å²) in [6.45, 7) is 0. The summed E-state index contributed by atoms with van der Waals surface area (Å²) in [5.74, 6) is -0.243. The van der Waals surface area contributed by atoms with Gasteiger partial charge < -0.3 is 10.6 Å². The molecule has 0 unspecified atom stereocenters. The lowest BCUT2D eigenvalue weighted by atomic mass is 10.1. The third kappa shape index (κ3) is 4.43. The molecule has 0 aromatic heterocycles. The van der Waals surface area contributed by atoms with Crippen LogP contribution in [0.5, 0.6) is 0 Å². The molecule has 21 heavy (non-hydrogen) atoms. The Bertz CT molecular complexity index is 636. The van der Waals surface area contributed by atoms with Gasteiger partial charge in [0.05, 0.1) is 6.42 Å². The van der Waals surface area contributed by atoms with Crippen LogP contribution in [0.2, 0.25) is 0 Å². The maximum atomic E-state index is 11.9. The normalized spacial score (nSPS) is 10.0. The molecular formula is C16H15BrN2O2. The summed E-state index contributed by atoms with van der Waals surface area (Å²) < 4.78 is 0.983. The van der Waals surface area contributed by atoms with Crippen LogP contribution in [0.3, 0.4) is 0 Å². The van der Waals surface area contributed by atoms with E-state index in [2.05, 4.69) is 26.6 Å². The van der Waals surface area contributed by atoms with Crippen LogP contribution in [0.15, 0.2) is 53.0 Å². The van der Waals surface area contributed by atoms with E-state index in [1.807, 2.05) is 24.3 Å². The van der Waals surface area contributed by atoms with E-state index in [1.165, 1.54) is 0 Å². The first-order chi connectivity index (χ1) is 10.1. The number of benzene rings is 2. The van der Waals surface area contributed by atoms with Crippen molar-refractivity contribution in [1.82, 2.24) is 5.32 Å². The summed E-state index contributed by atoms with van der Waals surface area (Å²) in [5, 5.41) is 5.36. The number of rotatable bonds is 4. The molecule has 2 aromatic rings. The van der Waals surface area contributed by atoms with E-state index in [1.54, 1.807) is 31.3 Å². The molecule has 5 heteroatoms. The summed E-state index contributed by atoms with van der Waals surface area (Å²) in [5.41, 5.74) is 2.17. The highest BCUT2D eigenvalue weighted by molar-refractivity contribution is 9.10. The first-order valence-electron chi connectivity index (χ1n) is 6.45. The number of carbonyl (C=O) groups is 2. The van der Waals surface area contributed by atoms with Gasteiger partial charge in [-0.15, -0.1) is 0 Å². The van der Waals surface area contributed by atoms with Crippen LogP contribution >= 0.6 is 15.9 Å². The fourth-order valence-corrected chi connectivity index (χ4v) is 2.11. The van der Waals surface area contributed by atoms with Gasteiger partial charge in [-0.3, -0.25) is 9.59 Å². The molecule has 2 amide bonds. The minimum atomic E-state index is -0.150. The quantitative estimate of drug-likeness (QED) is 0.893. The molecule has 0 fully saturated rings. The Balaban J connectivity index is 1.96. The van der Waals surface area contributed by atoms with Crippen molar-refractivity contribution in [2.45, 2.75) is 6.42 Å². The maximum absolute atomic E-state index is 11.9. The Hall–Kier alpha value is -2.14. The topological polar surface area (TPSA) is 58.2 Å². The van der Waals surface area contributed by atoms with Crippen molar-refractivity contribution in [1.29, 1.82) is 0 Å². The monoisotopic (exact) mass is 346 g/mol. The van der Waals surface area contributed by atoms with E-state index in [0.717, 1.165) is 10.0 Å². The predicted octanol–water partition coefficient (Wildman–Crippen LogP) is 2.99. The Kier molecular flexibility index (Phi) is 5.11. The number of amides is 2. The van der Waals surface area contributed by atoms with Crippen molar-refractivity contribution in [3.8, 4) is 0 Å². The molecular weight excluding hydrogens is 332 g/mol. The standard InChI is InChI=1S/C16H15BrN2O2/c1-18-16(21)12-4-8-14(9-5-12)19-15(20)10-11-2-6-13(17)7-3-11/h2-9H,10H2,1H3,(H,18,21)(H,19,20). The Morgan fingerprint density at radius 2 is 1.62 bits per heavy atom. The van der Waals surface area contributed by atoms with E-state index in [9.17, 15) is 9.59 Å². The van der Waals surface area contributed by atoms with Gasteiger partial charge in [0.25, 0.3) is 5.91 Å². The third-order valence-electron chi connectivity index (χ3n) is 2.94. The van der Waals surface area contributed by atoms with E-state index in [0.29, 0.717) is 17.7 Å². The van der Waals surface area contributed by atoms with Gasteiger partial charge in [-0.25, -0.2) is 0 Å². The van der Waals surface area contributed by atoms with Crippen LogP contribution in [0.1, 0.15) is 15.9 Å². The first-order valence-corrected chi connectivity index (χ1v) is 7.24. The van der Waals surface area contributed by atoms with Crippen molar-refractivity contribution in [3.05, 3.63) is 64.1 Å². The SMILES string of the molecule is CNC(=O)c1ccc(NC(=O)Cc2ccc(Br)cc2)cc1. The molecule has 0 heterocycles. The number of hydrogen-bond acceptors (Lipinski definition) is 2. The zero-order chi connectivity index (χ0) is 15.2. The second-order valence-electron chi connectivity index (χ2n) is 4.51. The maximum Gasteiger partial charge on any atom is 0.251 e. The summed E-state index contributed by atoms with van der Waals surface area (Å²) in [7, 11) is 1.58. The van der Waals surface area contributed by atoms with Crippen LogP contribution in [0, 0.1) is 0 Å². The zero-order valence-electron chi connectivity index (χ0n) is 11.5. The van der Waals surface area contributed by atoms with Gasteiger partial charge in [0, 0.05) is 22.8 Å². The van der Waals surface area contributed by atoms with Gasteiger partial charge in [-0.1, -0.05) is 28.1 Å². The highest BCUT2D eigenvalue weighted by Crippen LogP contribution is 2.13. The van der Waals surface area contributed by atoms with Gasteiger partial charge in [0.15, 0.2) is 0 Å². The van der Waals surface area contributed by atoms with Gasteiger partial charge in [-0.2, -0.15) is 0 Å². The van der Waals surface area contributed by atoms with E-state index >= 15 is 0 Å². The molecule has 0 aliphatic heterocycles. The Morgan fingerprint density at radius 1 is 1.00 bits per heavy atom. The molecule has 2 N–H and O–H groups in total. The summed E-state index contributed by atoms with van der Waals surface area (Å²) in [6.07, 6.45) is 0.310. The molecule has 2 rings (SSSR count). The van der Waals surface area contributed by atoms with Crippen LogP contribution in [-0.4, -0.2) is 18.9 Å². The lowest BCUT2D eigenvalue weighted by molar-refractivity contribution is -0.115. The summed E-state index contributed by atoms with van der Waals surface area (Å²) >= 11 is 3.36. The van der Waals surface area contributed by atoms with E-state index < -0.39 is 0 Å². The molecule has 0 atom stereocenters. The number of anilines is 1. The first kappa shape index (κ1) is 15.3. The van der Waals surface area contributed by atoms with Gasteiger partial charge in [0.1, 0.15) is 0 Å². The molecule has 0 radical (unpaired) electrons. The molecule has 0 bridgehead atoms. The Morgan fingerprint density at radius 3 is 2.19 bits per heavy atom. The summed E-state index contributed by atoms with van der Waals surface area (Å²) in [4.78, 5) is 23.4. The zero-order valence-corrected chi connectivity index (χ0v) is 13.1.